The van der Waals surface area contributed by atoms with E-state index >= 15 is 0 Å². The molecule has 5 rings (SSSR count). The highest BCUT2D eigenvalue weighted by molar-refractivity contribution is 5.85. The van der Waals surface area contributed by atoms with Crippen molar-refractivity contribution in [2.75, 3.05) is 31.1 Å². The molecule has 142 valence electrons. The van der Waals surface area contributed by atoms with Gasteiger partial charge in [0.2, 0.25) is 0 Å². The number of urea groups is 1. The third-order valence-electron chi connectivity index (χ3n) is 5.21. The average Bonchev–Trinajstić information content (AvgIpc) is 3.43. The molecule has 0 saturated carbocycles. The van der Waals surface area contributed by atoms with Gasteiger partial charge >= 0.3 is 6.03 Å². The van der Waals surface area contributed by atoms with E-state index in [1.54, 1.807) is 6.26 Å². The molecule has 4 aromatic rings. The van der Waals surface area contributed by atoms with Crippen molar-refractivity contribution in [2.24, 2.45) is 0 Å². The Labute approximate surface area is 162 Å². The highest BCUT2D eigenvalue weighted by atomic mass is 16.3. The molecule has 1 aliphatic rings. The molecule has 0 unspecified atom stereocenters. The fourth-order valence-corrected chi connectivity index (χ4v) is 3.75. The second-order valence-corrected chi connectivity index (χ2v) is 6.90. The lowest BCUT2D eigenvalue weighted by Crippen LogP contribution is -2.52. The van der Waals surface area contributed by atoms with Gasteiger partial charge in [-0.25, -0.2) is 9.78 Å². The predicted molar refractivity (Wildman–Crippen MR) is 107 cm³/mol. The molecule has 1 fully saturated rings. The summed E-state index contributed by atoms with van der Waals surface area (Å²) in [7, 11) is 0. The van der Waals surface area contributed by atoms with E-state index in [-0.39, 0.29) is 6.03 Å². The van der Waals surface area contributed by atoms with Crippen LogP contribution >= 0.6 is 0 Å². The fourth-order valence-electron chi connectivity index (χ4n) is 3.75. The number of rotatable bonds is 3. The molecule has 0 aliphatic carbocycles. The number of aromatic nitrogens is 2. The minimum Gasteiger partial charge on any atom is -0.467 e. The maximum Gasteiger partial charge on any atom is 0.317 e. The van der Waals surface area contributed by atoms with Gasteiger partial charge in [-0.05, 0) is 36.4 Å². The molecule has 0 spiro atoms. The number of nitrogens with one attached hydrogen (secondary N) is 1. The van der Waals surface area contributed by atoms with Crippen molar-refractivity contribution < 1.29 is 9.21 Å². The number of benzene rings is 1. The molecular formula is C21H21N5O2. The molecule has 1 saturated heterocycles. The van der Waals surface area contributed by atoms with Gasteiger partial charge in [-0.15, -0.1) is 0 Å². The van der Waals surface area contributed by atoms with E-state index in [4.69, 9.17) is 9.40 Å². The third kappa shape index (κ3) is 2.94. The summed E-state index contributed by atoms with van der Waals surface area (Å²) < 4.78 is 7.44. The van der Waals surface area contributed by atoms with Crippen LogP contribution in [0.1, 0.15) is 5.76 Å². The number of hydrogen-bond acceptors (Lipinski definition) is 4. The number of carbonyl (C=O) groups is 1. The van der Waals surface area contributed by atoms with E-state index in [2.05, 4.69) is 32.9 Å². The predicted octanol–water partition coefficient (Wildman–Crippen LogP) is 3.11. The standard InChI is InChI=1S/C21H21N5O2/c27-21(22-15-16-5-4-14-28-16)25-12-10-24(11-13-25)20-19-8-3-9-26(19)18-7-2-1-6-17(18)23-20/h1-9,14H,10-13,15H2,(H,22,27). The van der Waals surface area contributed by atoms with E-state index in [1.807, 2.05) is 41.3 Å². The first kappa shape index (κ1) is 16.7. The minimum absolute atomic E-state index is 0.0599. The van der Waals surface area contributed by atoms with Crippen LogP contribution in [0.25, 0.3) is 16.6 Å². The average molecular weight is 375 g/mol. The molecule has 1 aromatic carbocycles. The molecule has 2 amide bonds. The highest BCUT2D eigenvalue weighted by Gasteiger charge is 2.23. The van der Waals surface area contributed by atoms with Crippen molar-refractivity contribution in [3.05, 3.63) is 66.8 Å². The molecule has 0 atom stereocenters. The van der Waals surface area contributed by atoms with E-state index in [9.17, 15) is 4.79 Å². The first-order valence-corrected chi connectivity index (χ1v) is 9.45. The SMILES string of the molecule is O=C(NCc1ccco1)N1CCN(c2nc3ccccc3n3cccc23)CC1. The summed E-state index contributed by atoms with van der Waals surface area (Å²) in [5.74, 6) is 1.72. The Hall–Kier alpha value is -3.48. The van der Waals surface area contributed by atoms with Crippen molar-refractivity contribution >= 4 is 28.4 Å². The number of fused-ring (bicyclic) bond motifs is 3. The van der Waals surface area contributed by atoms with Gasteiger partial charge in [0, 0.05) is 32.4 Å². The highest BCUT2D eigenvalue weighted by Crippen LogP contribution is 2.26. The third-order valence-corrected chi connectivity index (χ3v) is 5.21. The van der Waals surface area contributed by atoms with Crippen LogP contribution in [0.4, 0.5) is 10.6 Å². The maximum absolute atomic E-state index is 12.4. The van der Waals surface area contributed by atoms with Gasteiger partial charge in [0.05, 0.1) is 29.4 Å². The molecule has 28 heavy (non-hydrogen) atoms. The lowest BCUT2D eigenvalue weighted by molar-refractivity contribution is 0.193. The molecule has 3 aromatic heterocycles. The summed E-state index contributed by atoms with van der Waals surface area (Å²) in [6.45, 7) is 3.22. The minimum atomic E-state index is -0.0599. The number of anilines is 1. The Bertz CT molecular complexity index is 1110. The molecular weight excluding hydrogens is 354 g/mol. The van der Waals surface area contributed by atoms with Gasteiger partial charge in [-0.3, -0.25) is 0 Å². The van der Waals surface area contributed by atoms with Crippen LogP contribution in [0.5, 0.6) is 0 Å². The number of nitrogens with zero attached hydrogens (tertiary/aromatic N) is 4. The molecule has 4 heterocycles. The zero-order valence-corrected chi connectivity index (χ0v) is 15.4. The lowest BCUT2D eigenvalue weighted by Gasteiger charge is -2.35. The number of hydrogen-bond donors (Lipinski definition) is 1. The maximum atomic E-state index is 12.4. The van der Waals surface area contributed by atoms with Crippen LogP contribution in [0, 0.1) is 0 Å². The molecule has 1 N–H and O–H groups in total. The Balaban J connectivity index is 1.31. The summed E-state index contributed by atoms with van der Waals surface area (Å²) in [6, 6.07) is 15.9. The summed E-state index contributed by atoms with van der Waals surface area (Å²) in [5, 5.41) is 2.91. The van der Waals surface area contributed by atoms with E-state index < -0.39 is 0 Å². The van der Waals surface area contributed by atoms with Crippen molar-refractivity contribution in [2.45, 2.75) is 6.54 Å². The summed E-state index contributed by atoms with van der Waals surface area (Å²) in [5.41, 5.74) is 3.16. The second kappa shape index (κ2) is 6.92. The normalized spacial score (nSPS) is 14.7. The van der Waals surface area contributed by atoms with Crippen molar-refractivity contribution in [1.29, 1.82) is 0 Å². The van der Waals surface area contributed by atoms with E-state index in [0.717, 1.165) is 41.2 Å². The zero-order valence-electron chi connectivity index (χ0n) is 15.4. The van der Waals surface area contributed by atoms with Crippen molar-refractivity contribution in [3.63, 3.8) is 0 Å². The van der Waals surface area contributed by atoms with Crippen molar-refractivity contribution in [3.8, 4) is 0 Å². The zero-order chi connectivity index (χ0) is 18.9. The van der Waals surface area contributed by atoms with Crippen LogP contribution in [0.15, 0.2) is 65.4 Å². The van der Waals surface area contributed by atoms with Gasteiger partial charge < -0.3 is 23.9 Å². The topological polar surface area (TPSA) is 66.0 Å². The number of piperazine rings is 1. The smallest absolute Gasteiger partial charge is 0.317 e. The molecule has 0 bridgehead atoms. The van der Waals surface area contributed by atoms with E-state index in [1.165, 1.54) is 0 Å². The number of carbonyl (C=O) groups excluding carboxylic acids is 1. The van der Waals surface area contributed by atoms with Gasteiger partial charge in [-0.1, -0.05) is 12.1 Å². The Morgan fingerprint density at radius 1 is 1.00 bits per heavy atom. The number of para-hydroxylation sites is 2. The quantitative estimate of drug-likeness (QED) is 0.598. The summed E-state index contributed by atoms with van der Waals surface area (Å²) in [6.07, 6.45) is 3.68. The van der Waals surface area contributed by atoms with Crippen LogP contribution in [0.3, 0.4) is 0 Å². The molecule has 0 radical (unpaired) electrons. The number of furan rings is 1. The van der Waals surface area contributed by atoms with Crippen LogP contribution in [-0.2, 0) is 6.54 Å². The fraction of sp³-hybridized carbons (Fsp3) is 0.238. The monoisotopic (exact) mass is 375 g/mol. The molecule has 1 aliphatic heterocycles. The largest absolute Gasteiger partial charge is 0.467 e. The van der Waals surface area contributed by atoms with Gasteiger partial charge in [-0.2, -0.15) is 0 Å². The number of amides is 2. The molecule has 7 heteroatoms. The van der Waals surface area contributed by atoms with Gasteiger partial charge in [0.1, 0.15) is 5.76 Å². The Morgan fingerprint density at radius 2 is 1.82 bits per heavy atom. The first-order valence-electron chi connectivity index (χ1n) is 9.45. The Morgan fingerprint density at radius 3 is 2.64 bits per heavy atom. The van der Waals surface area contributed by atoms with Gasteiger partial charge in [0.25, 0.3) is 0 Å². The molecule has 7 nitrogen and oxygen atoms in total. The van der Waals surface area contributed by atoms with Crippen LogP contribution < -0.4 is 10.2 Å². The van der Waals surface area contributed by atoms with Crippen molar-refractivity contribution in [1.82, 2.24) is 19.6 Å². The van der Waals surface area contributed by atoms with Crippen LogP contribution in [0.2, 0.25) is 0 Å². The van der Waals surface area contributed by atoms with Gasteiger partial charge in [0.15, 0.2) is 5.82 Å². The second-order valence-electron chi connectivity index (χ2n) is 6.90. The Kier molecular flexibility index (Phi) is 4.12. The van der Waals surface area contributed by atoms with E-state index in [0.29, 0.717) is 19.6 Å². The summed E-state index contributed by atoms with van der Waals surface area (Å²) >= 11 is 0. The van der Waals surface area contributed by atoms with Crippen LogP contribution in [-0.4, -0.2) is 46.5 Å². The summed E-state index contributed by atoms with van der Waals surface area (Å²) in [4.78, 5) is 21.4. The first-order chi connectivity index (χ1) is 13.8. The lowest BCUT2D eigenvalue weighted by atomic mass is 10.2.